The standard InChI is InChI=1S/C24H28ClN5O3.C22H24ClN5O3.C14H16ClN5O2.C10H13ClN2/c1-3-33-24(31)23-22(30(27-26-23)16-18-4-10-21(32-2)11-5-18)17-28-12-14-29(15-13-28)20-8-6-19(25)7-9-20;1-31-19-8-2-16(3-9-19)14-28-20(21(22(29)30)24-25-28)15-26-10-12-27(13-11-26)18-6-4-17(23)5-7-18;15-10-1-3-11(4-2-10)20-7-5-19(6-8-20)9-12-13(14(21)22)17-18-16-12;11-9-1-3-10(4-2-9)13-7-5-12-6-8-13/h4-11H,3,12-17H2,1-2H3;2-9H,10-15H2,1H3,(H,29,30);1-4H,5-9H2,(H,21,22)(H,16,17,18);1-4,12H,5-8H2. The number of nitrogens with zero attached hydrogens (tertiary/aromatic N) is 15. The molecule has 4 saturated heterocycles. The number of esters is 1. The molecule has 7 heterocycles. The van der Waals surface area contributed by atoms with Crippen LogP contribution in [0.5, 0.6) is 11.5 Å². The van der Waals surface area contributed by atoms with Gasteiger partial charge in [-0.15, -0.1) is 15.3 Å². The summed E-state index contributed by atoms with van der Waals surface area (Å²) < 4.78 is 19.1. The smallest absolute Gasteiger partial charge is 0.360 e. The van der Waals surface area contributed by atoms with Gasteiger partial charge in [-0.3, -0.25) is 14.7 Å². The number of hydrogen-bond donors (Lipinski definition) is 4. The number of benzene rings is 6. The zero-order valence-electron chi connectivity index (χ0n) is 55.5. The number of carboxylic acid groups (broad SMARTS) is 2. The highest BCUT2D eigenvalue weighted by molar-refractivity contribution is 6.31. The van der Waals surface area contributed by atoms with Gasteiger partial charge in [0.2, 0.25) is 0 Å². The molecule has 25 nitrogen and oxygen atoms in total. The number of aromatic nitrogens is 9. The second-order valence-electron chi connectivity index (χ2n) is 23.7. The fraction of sp³-hybridized carbons (Fsp3) is 0.357. The second-order valence-corrected chi connectivity index (χ2v) is 25.4. The second kappa shape index (κ2) is 36.2. The third-order valence-electron chi connectivity index (χ3n) is 17.3. The molecule has 4 aliphatic rings. The maximum atomic E-state index is 12.5. The third kappa shape index (κ3) is 20.8. The van der Waals surface area contributed by atoms with Crippen molar-refractivity contribution >= 4 is 87.1 Å². The molecule has 13 rings (SSSR count). The molecule has 0 aliphatic carbocycles. The molecule has 0 radical (unpaired) electrons. The van der Waals surface area contributed by atoms with Crippen molar-refractivity contribution in [1.29, 1.82) is 0 Å². The summed E-state index contributed by atoms with van der Waals surface area (Å²) in [6, 6.07) is 47.0. The molecule has 0 unspecified atom stereocenters. The van der Waals surface area contributed by atoms with Crippen LogP contribution < -0.4 is 34.4 Å². The maximum absolute atomic E-state index is 12.5. The highest BCUT2D eigenvalue weighted by Crippen LogP contribution is 2.26. The van der Waals surface area contributed by atoms with Crippen molar-refractivity contribution in [2.24, 2.45) is 0 Å². The Morgan fingerprint density at radius 1 is 0.424 bits per heavy atom. The molecule has 0 atom stereocenters. The predicted octanol–water partition coefficient (Wildman–Crippen LogP) is 9.72. The number of carbonyl (C=O) groups excluding carboxylic acids is 1. The van der Waals surface area contributed by atoms with Gasteiger partial charge in [-0.25, -0.2) is 23.7 Å². The zero-order chi connectivity index (χ0) is 69.6. The predicted molar refractivity (Wildman–Crippen MR) is 384 cm³/mol. The van der Waals surface area contributed by atoms with Crippen LogP contribution >= 0.6 is 46.4 Å². The van der Waals surface area contributed by atoms with Crippen LogP contribution in [-0.2, 0) is 37.5 Å². The van der Waals surface area contributed by atoms with E-state index in [1.807, 2.05) is 133 Å². The lowest BCUT2D eigenvalue weighted by molar-refractivity contribution is 0.0515. The average Bonchev–Trinajstić information content (AvgIpc) is 1.71. The Balaban J connectivity index is 0.000000149. The van der Waals surface area contributed by atoms with Crippen LogP contribution in [0.25, 0.3) is 0 Å². The number of anilines is 4. The average molecular weight is 1430 g/mol. The number of H-pyrrole nitrogens is 1. The topological polar surface area (TPSA) is 257 Å². The molecule has 0 amide bonds. The Kier molecular flexibility index (Phi) is 26.5. The number of aromatic carboxylic acids is 2. The number of carboxylic acids is 2. The van der Waals surface area contributed by atoms with E-state index in [1.165, 1.54) is 5.69 Å². The van der Waals surface area contributed by atoms with Crippen LogP contribution in [-0.4, -0.2) is 214 Å². The first kappa shape index (κ1) is 72.7. The number of halogens is 4. The molecule has 3 aromatic heterocycles. The number of hydrogen-bond acceptors (Lipinski definition) is 20. The van der Waals surface area contributed by atoms with Crippen LogP contribution in [0.15, 0.2) is 146 Å². The molecule has 0 saturated carbocycles. The van der Waals surface area contributed by atoms with Gasteiger partial charge in [-0.05, 0) is 139 Å². The van der Waals surface area contributed by atoms with Crippen LogP contribution in [0.1, 0.15) is 66.6 Å². The van der Waals surface area contributed by atoms with Gasteiger partial charge >= 0.3 is 17.9 Å². The zero-order valence-corrected chi connectivity index (χ0v) is 58.5. The van der Waals surface area contributed by atoms with E-state index in [0.717, 1.165) is 170 Å². The van der Waals surface area contributed by atoms with Crippen molar-refractivity contribution < 1.29 is 38.8 Å². The summed E-state index contributed by atoms with van der Waals surface area (Å²) in [5.74, 6) is -0.983. The van der Waals surface area contributed by atoms with Crippen molar-refractivity contribution in [2.75, 3.05) is 145 Å². The fourth-order valence-electron chi connectivity index (χ4n) is 11.8. The largest absolute Gasteiger partial charge is 0.497 e. The number of nitrogens with one attached hydrogen (secondary N) is 2. The van der Waals surface area contributed by atoms with Gasteiger partial charge < -0.3 is 49.3 Å². The first-order valence-electron chi connectivity index (χ1n) is 32.6. The molecule has 9 aromatic rings. The number of piperazine rings is 4. The van der Waals surface area contributed by atoms with E-state index in [9.17, 15) is 19.5 Å². The fourth-order valence-corrected chi connectivity index (χ4v) is 12.3. The Bertz CT molecular complexity index is 3990. The van der Waals surface area contributed by atoms with Gasteiger partial charge in [0.15, 0.2) is 17.1 Å². The Hall–Kier alpha value is -9.05. The summed E-state index contributed by atoms with van der Waals surface area (Å²) in [7, 11) is 3.26. The van der Waals surface area contributed by atoms with Crippen molar-refractivity contribution in [3.8, 4) is 11.5 Å². The number of ether oxygens (including phenoxy) is 3. The Morgan fingerprint density at radius 2 is 0.768 bits per heavy atom. The van der Waals surface area contributed by atoms with Crippen LogP contribution in [0.2, 0.25) is 20.1 Å². The van der Waals surface area contributed by atoms with Crippen molar-refractivity contribution in [3.05, 3.63) is 211 Å². The summed E-state index contributed by atoms with van der Waals surface area (Å²) in [5.41, 5.74) is 8.92. The Morgan fingerprint density at radius 3 is 1.12 bits per heavy atom. The van der Waals surface area contributed by atoms with Gasteiger partial charge in [-0.2, -0.15) is 10.3 Å². The minimum atomic E-state index is -1.06. The SMILES string of the molecule is CCOC(=O)c1nnn(Cc2ccc(OC)cc2)c1CN1CCN(c2ccc(Cl)cc2)CC1.COc1ccc(Cn2nnc(C(=O)O)c2CN2CCN(c3ccc(Cl)cc3)CC2)cc1.Clc1ccc(N2CCNCC2)cc1.O=C(O)c1n[nH]nc1CN1CCN(c2ccc(Cl)cc2)CC1. The molecule has 4 aliphatic heterocycles. The van der Waals surface area contributed by atoms with Crippen molar-refractivity contribution in [3.63, 3.8) is 0 Å². The van der Waals surface area contributed by atoms with Gasteiger partial charge in [0.05, 0.1) is 45.3 Å². The van der Waals surface area contributed by atoms with E-state index in [2.05, 4.69) is 87.8 Å². The molecule has 522 valence electrons. The summed E-state index contributed by atoms with van der Waals surface area (Å²) in [6.07, 6.45) is 0. The number of aromatic amines is 1. The van der Waals surface area contributed by atoms with E-state index < -0.39 is 17.9 Å². The quantitative estimate of drug-likeness (QED) is 0.0518. The van der Waals surface area contributed by atoms with E-state index in [0.29, 0.717) is 50.7 Å². The number of rotatable bonds is 20. The molecule has 4 N–H and O–H groups in total. The minimum Gasteiger partial charge on any atom is -0.497 e. The molecular formula is C70H81Cl4N17O8. The van der Waals surface area contributed by atoms with Crippen LogP contribution in [0, 0.1) is 0 Å². The van der Waals surface area contributed by atoms with Gasteiger partial charge in [0.1, 0.15) is 17.2 Å². The summed E-state index contributed by atoms with van der Waals surface area (Å²) in [4.78, 5) is 51.3. The van der Waals surface area contributed by atoms with Gasteiger partial charge in [0, 0.05) is 167 Å². The van der Waals surface area contributed by atoms with E-state index in [4.69, 9.17) is 65.7 Å². The Labute approximate surface area is 595 Å². The van der Waals surface area contributed by atoms with Crippen molar-refractivity contribution in [2.45, 2.75) is 39.6 Å². The van der Waals surface area contributed by atoms with Crippen LogP contribution in [0.4, 0.5) is 22.7 Å². The molecule has 6 aromatic carbocycles. The molecule has 0 spiro atoms. The third-order valence-corrected chi connectivity index (χ3v) is 18.3. The van der Waals surface area contributed by atoms with Gasteiger partial charge in [0.25, 0.3) is 0 Å². The van der Waals surface area contributed by atoms with E-state index in [1.54, 1.807) is 30.5 Å². The van der Waals surface area contributed by atoms with Crippen molar-refractivity contribution in [1.82, 2.24) is 65.4 Å². The van der Waals surface area contributed by atoms with Gasteiger partial charge in [-0.1, -0.05) is 81.1 Å². The van der Waals surface area contributed by atoms with Crippen LogP contribution in [0.3, 0.4) is 0 Å². The highest BCUT2D eigenvalue weighted by Gasteiger charge is 2.28. The molecule has 29 heteroatoms. The highest BCUT2D eigenvalue weighted by atomic mass is 35.5. The maximum Gasteiger partial charge on any atom is 0.360 e. The summed E-state index contributed by atoms with van der Waals surface area (Å²) >= 11 is 23.7. The number of methoxy groups -OCH3 is 2. The molecule has 0 bridgehead atoms. The first-order chi connectivity index (χ1) is 48.1. The lowest BCUT2D eigenvalue weighted by Gasteiger charge is -2.36. The lowest BCUT2D eigenvalue weighted by Crippen LogP contribution is -2.46. The summed E-state index contributed by atoms with van der Waals surface area (Å²) in [6.45, 7) is 19.2. The molecular weight excluding hydrogens is 1350 g/mol. The minimum absolute atomic E-state index is 0.000121. The summed E-state index contributed by atoms with van der Waals surface area (Å²) in [5, 5.41) is 51.4. The lowest BCUT2D eigenvalue weighted by atomic mass is 10.2. The first-order valence-corrected chi connectivity index (χ1v) is 34.1. The van der Waals surface area contributed by atoms with E-state index >= 15 is 0 Å². The molecule has 4 fully saturated rings. The monoisotopic (exact) mass is 1430 g/mol. The van der Waals surface area contributed by atoms with E-state index in [-0.39, 0.29) is 17.1 Å². The molecule has 99 heavy (non-hydrogen) atoms. The number of carbonyl (C=O) groups is 3. The normalized spacial score (nSPS) is 15.2.